The van der Waals surface area contributed by atoms with E-state index in [9.17, 15) is 4.79 Å². The maximum atomic E-state index is 12.1. The molecule has 2 aromatic rings. The molecule has 0 radical (unpaired) electrons. The topological polar surface area (TPSA) is 56.8 Å². The Labute approximate surface area is 142 Å². The summed E-state index contributed by atoms with van der Waals surface area (Å²) in [5.74, 6) is 1.82. The Morgan fingerprint density at radius 2 is 1.88 bits per heavy atom. The van der Waals surface area contributed by atoms with E-state index in [2.05, 4.69) is 5.32 Å². The van der Waals surface area contributed by atoms with E-state index in [1.54, 1.807) is 14.0 Å². The highest BCUT2D eigenvalue weighted by atomic mass is 16.5. The van der Waals surface area contributed by atoms with Crippen molar-refractivity contribution < 1.29 is 19.0 Å². The fraction of sp³-hybridized carbons (Fsp3) is 0.316. The van der Waals surface area contributed by atoms with Crippen LogP contribution >= 0.6 is 0 Å². The van der Waals surface area contributed by atoms with Crippen molar-refractivity contribution in [1.82, 2.24) is 5.32 Å². The minimum atomic E-state index is -0.571. The molecule has 128 valence electrons. The molecule has 0 fully saturated rings. The van der Waals surface area contributed by atoms with Gasteiger partial charge in [-0.25, -0.2) is 0 Å². The number of para-hydroxylation sites is 2. The molecular formula is C19H23NO4. The molecule has 0 heterocycles. The molecule has 0 aliphatic heterocycles. The zero-order valence-corrected chi connectivity index (χ0v) is 14.2. The van der Waals surface area contributed by atoms with Crippen LogP contribution in [0.4, 0.5) is 0 Å². The van der Waals surface area contributed by atoms with E-state index in [0.29, 0.717) is 30.4 Å². The van der Waals surface area contributed by atoms with E-state index >= 15 is 0 Å². The summed E-state index contributed by atoms with van der Waals surface area (Å²) in [7, 11) is 1.59. The number of benzene rings is 2. The van der Waals surface area contributed by atoms with Gasteiger partial charge < -0.3 is 19.5 Å². The highest BCUT2D eigenvalue weighted by Gasteiger charge is 2.14. The Morgan fingerprint density at radius 1 is 1.12 bits per heavy atom. The van der Waals surface area contributed by atoms with Crippen LogP contribution in [0.15, 0.2) is 48.5 Å². The minimum Gasteiger partial charge on any atom is -0.493 e. The maximum absolute atomic E-state index is 12.1. The average Bonchev–Trinajstić information content (AvgIpc) is 2.58. The minimum absolute atomic E-state index is 0.180. The van der Waals surface area contributed by atoms with Crippen LogP contribution in [0.1, 0.15) is 12.5 Å². The fourth-order valence-electron chi connectivity index (χ4n) is 2.16. The van der Waals surface area contributed by atoms with Crippen molar-refractivity contribution in [1.29, 1.82) is 0 Å². The molecule has 0 aliphatic carbocycles. The van der Waals surface area contributed by atoms with Gasteiger partial charge in [0, 0.05) is 0 Å². The first-order valence-corrected chi connectivity index (χ1v) is 7.87. The average molecular weight is 329 g/mol. The quantitative estimate of drug-likeness (QED) is 0.757. The van der Waals surface area contributed by atoms with Gasteiger partial charge in [-0.3, -0.25) is 4.79 Å². The van der Waals surface area contributed by atoms with Gasteiger partial charge >= 0.3 is 0 Å². The van der Waals surface area contributed by atoms with Gasteiger partial charge in [0.1, 0.15) is 12.4 Å². The first-order valence-electron chi connectivity index (χ1n) is 7.87. The largest absolute Gasteiger partial charge is 0.493 e. The number of aryl methyl sites for hydroxylation is 1. The first-order chi connectivity index (χ1) is 11.6. The summed E-state index contributed by atoms with van der Waals surface area (Å²) in [5, 5.41) is 2.80. The molecule has 0 spiro atoms. The summed E-state index contributed by atoms with van der Waals surface area (Å²) in [4.78, 5) is 12.1. The van der Waals surface area contributed by atoms with Gasteiger partial charge in [-0.15, -0.1) is 0 Å². The second-order valence-corrected chi connectivity index (χ2v) is 5.37. The lowest BCUT2D eigenvalue weighted by Gasteiger charge is -2.15. The molecule has 2 rings (SSSR count). The third-order valence-electron chi connectivity index (χ3n) is 3.40. The number of carbonyl (C=O) groups is 1. The summed E-state index contributed by atoms with van der Waals surface area (Å²) >= 11 is 0. The van der Waals surface area contributed by atoms with Crippen molar-refractivity contribution in [2.24, 2.45) is 0 Å². The lowest BCUT2D eigenvalue weighted by Crippen LogP contribution is -2.38. The van der Waals surface area contributed by atoms with Crippen molar-refractivity contribution in [3.8, 4) is 17.2 Å². The van der Waals surface area contributed by atoms with Crippen LogP contribution in [-0.4, -0.2) is 32.3 Å². The van der Waals surface area contributed by atoms with E-state index < -0.39 is 6.10 Å². The van der Waals surface area contributed by atoms with Crippen LogP contribution in [0.25, 0.3) is 0 Å². The summed E-state index contributed by atoms with van der Waals surface area (Å²) in [5.41, 5.74) is 1.09. The number of amides is 1. The second kappa shape index (κ2) is 8.82. The van der Waals surface area contributed by atoms with Crippen molar-refractivity contribution in [2.45, 2.75) is 20.0 Å². The maximum Gasteiger partial charge on any atom is 0.260 e. The Bertz CT molecular complexity index is 672. The van der Waals surface area contributed by atoms with Gasteiger partial charge in [0.05, 0.1) is 13.7 Å². The van der Waals surface area contributed by atoms with Crippen LogP contribution in [0.5, 0.6) is 17.2 Å². The molecule has 0 unspecified atom stereocenters. The molecule has 1 amide bonds. The number of ether oxygens (including phenoxy) is 3. The lowest BCUT2D eigenvalue weighted by atomic mass is 10.2. The number of carbonyl (C=O) groups excluding carboxylic acids is 1. The molecule has 5 nitrogen and oxygen atoms in total. The predicted molar refractivity (Wildman–Crippen MR) is 92.8 cm³/mol. The monoisotopic (exact) mass is 329 g/mol. The van der Waals surface area contributed by atoms with Crippen LogP contribution in [0.3, 0.4) is 0 Å². The van der Waals surface area contributed by atoms with Crippen molar-refractivity contribution in [3.05, 3.63) is 54.1 Å². The first kappa shape index (κ1) is 17.7. The molecule has 24 heavy (non-hydrogen) atoms. The van der Waals surface area contributed by atoms with Gasteiger partial charge in [-0.2, -0.15) is 0 Å². The summed E-state index contributed by atoms with van der Waals surface area (Å²) in [6.45, 7) is 4.44. The van der Waals surface area contributed by atoms with E-state index in [-0.39, 0.29) is 5.91 Å². The van der Waals surface area contributed by atoms with Gasteiger partial charge in [-0.05, 0) is 43.7 Å². The molecular weight excluding hydrogens is 306 g/mol. The summed E-state index contributed by atoms with van der Waals surface area (Å²) < 4.78 is 16.5. The van der Waals surface area contributed by atoms with E-state index in [4.69, 9.17) is 14.2 Å². The number of hydrogen-bond acceptors (Lipinski definition) is 4. The van der Waals surface area contributed by atoms with Gasteiger partial charge in [0.2, 0.25) is 0 Å². The molecule has 1 atom stereocenters. The molecule has 0 aliphatic rings. The molecule has 5 heteroatoms. The second-order valence-electron chi connectivity index (χ2n) is 5.37. The highest BCUT2D eigenvalue weighted by molar-refractivity contribution is 5.80. The normalized spacial score (nSPS) is 11.5. The lowest BCUT2D eigenvalue weighted by molar-refractivity contribution is -0.127. The number of rotatable bonds is 8. The van der Waals surface area contributed by atoms with Crippen molar-refractivity contribution in [2.75, 3.05) is 20.3 Å². The summed E-state index contributed by atoms with van der Waals surface area (Å²) in [6.07, 6.45) is -0.571. The number of hydrogen-bond donors (Lipinski definition) is 1. The molecule has 0 saturated carbocycles. The van der Waals surface area contributed by atoms with Crippen LogP contribution < -0.4 is 19.5 Å². The smallest absolute Gasteiger partial charge is 0.260 e. The van der Waals surface area contributed by atoms with Crippen molar-refractivity contribution >= 4 is 5.91 Å². The van der Waals surface area contributed by atoms with Crippen LogP contribution in [-0.2, 0) is 4.79 Å². The Hall–Kier alpha value is -2.69. The molecule has 1 N–H and O–H groups in total. The standard InChI is InChI=1S/C19H23NO4/c1-14-7-6-8-16(13-14)24-15(2)19(21)20-11-12-23-18-10-5-4-9-17(18)22-3/h4-10,13,15H,11-12H2,1-3H3,(H,20,21)/t15-/m0/s1. The van der Waals surface area contributed by atoms with E-state index in [0.717, 1.165) is 5.56 Å². The van der Waals surface area contributed by atoms with Crippen LogP contribution in [0, 0.1) is 6.92 Å². The zero-order valence-electron chi connectivity index (χ0n) is 14.2. The molecule has 0 saturated heterocycles. The Balaban J connectivity index is 1.74. The predicted octanol–water partition coefficient (Wildman–Crippen LogP) is 2.97. The Morgan fingerprint density at radius 3 is 2.58 bits per heavy atom. The fourth-order valence-corrected chi connectivity index (χ4v) is 2.16. The van der Waals surface area contributed by atoms with Gasteiger partial charge in [0.15, 0.2) is 17.6 Å². The number of methoxy groups -OCH3 is 1. The summed E-state index contributed by atoms with van der Waals surface area (Å²) in [6, 6.07) is 15.0. The van der Waals surface area contributed by atoms with E-state index in [1.165, 1.54) is 0 Å². The molecule has 0 bridgehead atoms. The highest BCUT2D eigenvalue weighted by Crippen LogP contribution is 2.25. The SMILES string of the molecule is COc1ccccc1OCCNC(=O)[C@H](C)Oc1cccc(C)c1. The Kier molecular flexibility index (Phi) is 6.49. The molecule has 0 aromatic heterocycles. The molecule has 2 aromatic carbocycles. The van der Waals surface area contributed by atoms with Gasteiger partial charge in [-0.1, -0.05) is 24.3 Å². The van der Waals surface area contributed by atoms with Gasteiger partial charge in [0.25, 0.3) is 5.91 Å². The zero-order chi connectivity index (χ0) is 17.4. The van der Waals surface area contributed by atoms with Crippen molar-refractivity contribution in [3.63, 3.8) is 0 Å². The number of nitrogens with one attached hydrogen (secondary N) is 1. The third-order valence-corrected chi connectivity index (χ3v) is 3.40. The van der Waals surface area contributed by atoms with Crippen LogP contribution in [0.2, 0.25) is 0 Å². The van der Waals surface area contributed by atoms with E-state index in [1.807, 2.05) is 55.5 Å². The third kappa shape index (κ3) is 5.19.